The molecule has 0 bridgehead atoms. The van der Waals surface area contributed by atoms with E-state index in [-0.39, 0.29) is 31.8 Å². The van der Waals surface area contributed by atoms with Crippen LogP contribution in [0.2, 0.25) is 0 Å². The molecule has 118 valence electrons. The van der Waals surface area contributed by atoms with E-state index in [0.29, 0.717) is 4.88 Å². The SMILES string of the molecule is Cc1nn(C)c2sc(C(=O)N3CCC(O)(C(=O)O)CC3)cc12. The number of nitrogens with zero attached hydrogens (tertiary/aromatic N) is 3. The van der Waals surface area contributed by atoms with Gasteiger partial charge in [-0.2, -0.15) is 5.10 Å². The highest BCUT2D eigenvalue weighted by Crippen LogP contribution is 2.30. The molecular formula is C14H17N3O4S. The number of carboxylic acids is 1. The monoisotopic (exact) mass is 323 g/mol. The first-order valence-electron chi connectivity index (χ1n) is 7.00. The molecule has 0 aliphatic carbocycles. The van der Waals surface area contributed by atoms with E-state index >= 15 is 0 Å². The van der Waals surface area contributed by atoms with Crippen LogP contribution in [-0.2, 0) is 11.8 Å². The largest absolute Gasteiger partial charge is 0.479 e. The number of aliphatic carboxylic acids is 1. The number of thiophene rings is 1. The molecule has 0 saturated carbocycles. The molecule has 0 unspecified atom stereocenters. The van der Waals surface area contributed by atoms with Gasteiger partial charge in [0.25, 0.3) is 5.91 Å². The molecule has 1 aliphatic heterocycles. The number of aryl methyl sites for hydroxylation is 2. The van der Waals surface area contributed by atoms with E-state index in [4.69, 9.17) is 5.11 Å². The molecule has 1 saturated heterocycles. The number of amides is 1. The van der Waals surface area contributed by atoms with E-state index in [2.05, 4.69) is 5.10 Å². The number of carbonyl (C=O) groups excluding carboxylic acids is 1. The molecule has 7 nitrogen and oxygen atoms in total. The molecule has 3 rings (SSSR count). The van der Waals surface area contributed by atoms with Gasteiger partial charge >= 0.3 is 5.97 Å². The number of hydrogen-bond acceptors (Lipinski definition) is 5. The van der Waals surface area contributed by atoms with Crippen molar-refractivity contribution in [3.05, 3.63) is 16.6 Å². The van der Waals surface area contributed by atoms with Crippen LogP contribution in [0, 0.1) is 6.92 Å². The summed E-state index contributed by atoms with van der Waals surface area (Å²) in [6.07, 6.45) is 0.110. The first kappa shape index (κ1) is 15.0. The first-order chi connectivity index (χ1) is 10.3. The predicted octanol–water partition coefficient (Wildman–Crippen LogP) is 0.995. The number of aliphatic hydroxyl groups is 1. The zero-order valence-corrected chi connectivity index (χ0v) is 13.2. The molecule has 0 atom stereocenters. The fourth-order valence-corrected chi connectivity index (χ4v) is 3.85. The van der Waals surface area contributed by atoms with Crippen molar-refractivity contribution in [1.29, 1.82) is 0 Å². The van der Waals surface area contributed by atoms with Gasteiger partial charge in [-0.3, -0.25) is 9.48 Å². The van der Waals surface area contributed by atoms with Gasteiger partial charge in [-0.05, 0) is 13.0 Å². The maximum absolute atomic E-state index is 12.5. The van der Waals surface area contributed by atoms with Crippen LogP contribution >= 0.6 is 11.3 Å². The summed E-state index contributed by atoms with van der Waals surface area (Å²) in [5, 5.41) is 24.2. The van der Waals surface area contributed by atoms with Gasteiger partial charge in [-0.25, -0.2) is 4.79 Å². The van der Waals surface area contributed by atoms with E-state index in [9.17, 15) is 14.7 Å². The fourth-order valence-electron chi connectivity index (χ4n) is 2.76. The van der Waals surface area contributed by atoms with Crippen molar-refractivity contribution in [2.45, 2.75) is 25.4 Å². The standard InChI is InChI=1S/C14H17N3O4S/c1-8-9-7-10(22-12(9)16(2)15-8)11(18)17-5-3-14(21,4-6-17)13(19)20/h7,21H,3-6H2,1-2H3,(H,19,20). The Balaban J connectivity index is 1.79. The lowest BCUT2D eigenvalue weighted by Crippen LogP contribution is -2.50. The van der Waals surface area contributed by atoms with Crippen molar-refractivity contribution in [3.63, 3.8) is 0 Å². The normalized spacial score (nSPS) is 17.9. The van der Waals surface area contributed by atoms with Crippen molar-refractivity contribution >= 4 is 33.4 Å². The van der Waals surface area contributed by atoms with Gasteiger partial charge < -0.3 is 15.1 Å². The van der Waals surface area contributed by atoms with Crippen LogP contribution in [0.15, 0.2) is 6.07 Å². The minimum absolute atomic E-state index is 0.0551. The Morgan fingerprint density at radius 1 is 1.36 bits per heavy atom. The zero-order valence-electron chi connectivity index (χ0n) is 12.4. The van der Waals surface area contributed by atoms with Crippen LogP contribution in [0.25, 0.3) is 10.2 Å². The second-order valence-corrected chi connectivity index (χ2v) is 6.70. The van der Waals surface area contributed by atoms with E-state index in [0.717, 1.165) is 15.9 Å². The minimum atomic E-state index is -1.71. The molecule has 0 aromatic carbocycles. The number of fused-ring (bicyclic) bond motifs is 1. The predicted molar refractivity (Wildman–Crippen MR) is 81.1 cm³/mol. The van der Waals surface area contributed by atoms with Gasteiger partial charge in [-0.1, -0.05) is 0 Å². The molecule has 2 aromatic heterocycles. The summed E-state index contributed by atoms with van der Waals surface area (Å²) in [5.41, 5.74) is -0.830. The third-order valence-electron chi connectivity index (χ3n) is 4.18. The lowest BCUT2D eigenvalue weighted by Gasteiger charge is -2.35. The smallest absolute Gasteiger partial charge is 0.335 e. The van der Waals surface area contributed by atoms with Crippen molar-refractivity contribution in [2.24, 2.45) is 7.05 Å². The molecule has 0 spiro atoms. The quantitative estimate of drug-likeness (QED) is 0.859. The Hall–Kier alpha value is -1.93. The average Bonchev–Trinajstić information content (AvgIpc) is 3.01. The number of piperidine rings is 1. The lowest BCUT2D eigenvalue weighted by molar-refractivity contribution is -0.162. The molecule has 2 N–H and O–H groups in total. The number of carboxylic acid groups (broad SMARTS) is 1. The summed E-state index contributed by atoms with van der Waals surface area (Å²) in [6.45, 7) is 2.39. The topological polar surface area (TPSA) is 95.7 Å². The van der Waals surface area contributed by atoms with Gasteiger partial charge in [0.1, 0.15) is 4.83 Å². The molecule has 2 aromatic rings. The summed E-state index contributed by atoms with van der Waals surface area (Å²) in [5.74, 6) is -1.34. The molecule has 3 heterocycles. The summed E-state index contributed by atoms with van der Waals surface area (Å²) >= 11 is 1.38. The number of carbonyl (C=O) groups is 2. The highest BCUT2D eigenvalue weighted by molar-refractivity contribution is 7.20. The maximum atomic E-state index is 12.5. The third-order valence-corrected chi connectivity index (χ3v) is 5.37. The van der Waals surface area contributed by atoms with Gasteiger partial charge in [0.2, 0.25) is 0 Å². The van der Waals surface area contributed by atoms with Crippen molar-refractivity contribution in [2.75, 3.05) is 13.1 Å². The van der Waals surface area contributed by atoms with Crippen molar-refractivity contribution in [3.8, 4) is 0 Å². The van der Waals surface area contributed by atoms with Crippen LogP contribution in [0.1, 0.15) is 28.2 Å². The summed E-state index contributed by atoms with van der Waals surface area (Å²) in [6, 6.07) is 1.84. The van der Waals surface area contributed by atoms with Crippen LogP contribution in [0.3, 0.4) is 0 Å². The number of aromatic nitrogens is 2. The fraction of sp³-hybridized carbons (Fsp3) is 0.500. The Labute approximate surface area is 130 Å². The van der Waals surface area contributed by atoms with E-state index in [1.807, 2.05) is 20.0 Å². The summed E-state index contributed by atoms with van der Waals surface area (Å²) in [7, 11) is 1.84. The van der Waals surface area contributed by atoms with Gasteiger partial charge in [0.05, 0.1) is 10.6 Å². The second-order valence-electron chi connectivity index (χ2n) is 5.67. The zero-order chi connectivity index (χ0) is 16.1. The Morgan fingerprint density at radius 3 is 2.55 bits per heavy atom. The molecule has 1 aliphatic rings. The molecular weight excluding hydrogens is 306 g/mol. The molecule has 0 radical (unpaired) electrons. The van der Waals surface area contributed by atoms with Crippen LogP contribution in [-0.4, -0.2) is 55.5 Å². The van der Waals surface area contributed by atoms with Crippen LogP contribution < -0.4 is 0 Å². The van der Waals surface area contributed by atoms with Crippen LogP contribution in [0.5, 0.6) is 0 Å². The summed E-state index contributed by atoms with van der Waals surface area (Å²) < 4.78 is 1.76. The van der Waals surface area contributed by atoms with Crippen molar-refractivity contribution < 1.29 is 19.8 Å². The van der Waals surface area contributed by atoms with Crippen molar-refractivity contribution in [1.82, 2.24) is 14.7 Å². The van der Waals surface area contributed by atoms with Crippen LogP contribution in [0.4, 0.5) is 0 Å². The maximum Gasteiger partial charge on any atom is 0.335 e. The first-order valence-corrected chi connectivity index (χ1v) is 7.82. The second kappa shape index (κ2) is 5.06. The molecule has 22 heavy (non-hydrogen) atoms. The average molecular weight is 323 g/mol. The molecule has 1 fully saturated rings. The highest BCUT2D eigenvalue weighted by Gasteiger charge is 2.40. The third kappa shape index (κ3) is 2.28. The summed E-state index contributed by atoms with van der Waals surface area (Å²) in [4.78, 5) is 26.7. The molecule has 8 heteroatoms. The highest BCUT2D eigenvalue weighted by atomic mass is 32.1. The number of likely N-dealkylation sites (tertiary alicyclic amines) is 1. The van der Waals surface area contributed by atoms with Gasteiger partial charge in [0.15, 0.2) is 5.60 Å². The number of hydrogen-bond donors (Lipinski definition) is 2. The number of rotatable bonds is 2. The van der Waals surface area contributed by atoms with E-state index < -0.39 is 11.6 Å². The lowest BCUT2D eigenvalue weighted by atomic mass is 9.91. The van der Waals surface area contributed by atoms with Gasteiger partial charge in [-0.15, -0.1) is 11.3 Å². The van der Waals surface area contributed by atoms with E-state index in [1.54, 1.807) is 9.58 Å². The Kier molecular flexibility index (Phi) is 3.45. The molecule has 1 amide bonds. The minimum Gasteiger partial charge on any atom is -0.479 e. The Bertz CT molecular complexity index is 721. The van der Waals surface area contributed by atoms with Gasteiger partial charge in [0, 0.05) is 38.4 Å². The Morgan fingerprint density at radius 2 is 2.00 bits per heavy atom. The van der Waals surface area contributed by atoms with E-state index in [1.165, 1.54) is 11.3 Å².